The van der Waals surface area contributed by atoms with Crippen molar-refractivity contribution in [3.63, 3.8) is 0 Å². The first kappa shape index (κ1) is 12.5. The van der Waals surface area contributed by atoms with Crippen LogP contribution in [0.3, 0.4) is 0 Å². The van der Waals surface area contributed by atoms with Gasteiger partial charge in [-0.3, -0.25) is 0 Å². The molecule has 1 nitrogen and oxygen atoms in total. The monoisotopic (exact) mass is 293 g/mol. The smallest absolute Gasteiger partial charge is 0.148 e. The molecule has 0 saturated heterocycles. The summed E-state index contributed by atoms with van der Waals surface area (Å²) in [6.45, 7) is 0. The third-order valence-corrected chi connectivity index (χ3v) is 4.63. The second-order valence-electron chi connectivity index (χ2n) is 4.83. The highest BCUT2D eigenvalue weighted by Crippen LogP contribution is 2.51. The molecule has 3 heteroatoms. The molecule has 3 aromatic rings. The van der Waals surface area contributed by atoms with Crippen molar-refractivity contribution < 1.29 is 4.39 Å². The number of nitrogens with zero attached hydrogens (tertiary/aromatic N) is 1. The highest BCUT2D eigenvalue weighted by Gasteiger charge is 2.26. The minimum absolute atomic E-state index is 0.196. The van der Waals surface area contributed by atoms with E-state index < -0.39 is 0 Å². The molecule has 102 valence electrons. The Hall–Kier alpha value is -2.26. The lowest BCUT2D eigenvalue weighted by atomic mass is 10.1. The summed E-state index contributed by atoms with van der Waals surface area (Å²) in [7, 11) is 0. The Labute approximate surface area is 127 Å². The van der Waals surface area contributed by atoms with E-state index in [4.69, 9.17) is 0 Å². The molecule has 0 amide bonds. The van der Waals surface area contributed by atoms with Gasteiger partial charge in [0.2, 0.25) is 0 Å². The number of para-hydroxylation sites is 3. The van der Waals surface area contributed by atoms with Crippen LogP contribution in [0.25, 0.3) is 0 Å². The van der Waals surface area contributed by atoms with E-state index in [1.54, 1.807) is 17.8 Å². The summed E-state index contributed by atoms with van der Waals surface area (Å²) in [6, 6.07) is 23.3. The average molecular weight is 293 g/mol. The molecule has 0 aromatic heterocycles. The van der Waals surface area contributed by atoms with Gasteiger partial charge in [0, 0.05) is 15.5 Å². The molecule has 0 saturated carbocycles. The van der Waals surface area contributed by atoms with E-state index in [2.05, 4.69) is 6.07 Å². The quantitative estimate of drug-likeness (QED) is 0.439. The number of rotatable bonds is 1. The summed E-state index contributed by atoms with van der Waals surface area (Å²) in [5.41, 5.74) is 2.62. The van der Waals surface area contributed by atoms with Crippen LogP contribution in [0.4, 0.5) is 21.5 Å². The highest BCUT2D eigenvalue weighted by atomic mass is 32.2. The molecule has 21 heavy (non-hydrogen) atoms. The minimum atomic E-state index is -0.196. The van der Waals surface area contributed by atoms with Crippen LogP contribution < -0.4 is 4.90 Å². The molecule has 0 N–H and O–H groups in total. The molecular weight excluding hydrogens is 281 g/mol. The van der Waals surface area contributed by atoms with Gasteiger partial charge in [-0.25, -0.2) is 4.39 Å². The Morgan fingerprint density at radius 2 is 1.43 bits per heavy atom. The molecule has 0 bridgehead atoms. The molecule has 0 aliphatic carbocycles. The summed E-state index contributed by atoms with van der Waals surface area (Å²) < 4.78 is 14.4. The number of hydrogen-bond donors (Lipinski definition) is 0. The first-order valence-corrected chi connectivity index (χ1v) is 7.57. The van der Waals surface area contributed by atoms with Gasteiger partial charge in [-0.05, 0) is 36.4 Å². The van der Waals surface area contributed by atoms with Crippen LogP contribution >= 0.6 is 11.8 Å². The van der Waals surface area contributed by atoms with Gasteiger partial charge in [-0.15, -0.1) is 0 Å². The summed E-state index contributed by atoms with van der Waals surface area (Å²) in [6.07, 6.45) is 0. The van der Waals surface area contributed by atoms with E-state index in [9.17, 15) is 4.39 Å². The van der Waals surface area contributed by atoms with Crippen molar-refractivity contribution in [1.29, 1.82) is 0 Å². The van der Waals surface area contributed by atoms with Gasteiger partial charge in [0.25, 0.3) is 0 Å². The Morgan fingerprint density at radius 1 is 0.714 bits per heavy atom. The number of fused-ring (bicyclic) bond motifs is 2. The molecule has 0 unspecified atom stereocenters. The molecular formula is C18H12FNS. The van der Waals surface area contributed by atoms with E-state index >= 15 is 0 Å². The van der Waals surface area contributed by atoms with Crippen LogP contribution in [0, 0.1) is 5.82 Å². The minimum Gasteiger partial charge on any atom is -0.306 e. The van der Waals surface area contributed by atoms with Crippen LogP contribution in [0.2, 0.25) is 0 Å². The zero-order valence-corrected chi connectivity index (χ0v) is 12.0. The van der Waals surface area contributed by atoms with Crippen LogP contribution in [0.1, 0.15) is 0 Å². The number of anilines is 3. The first-order chi connectivity index (χ1) is 10.3. The predicted octanol–water partition coefficient (Wildman–Crippen LogP) is 5.76. The van der Waals surface area contributed by atoms with Gasteiger partial charge in [0.05, 0.1) is 11.4 Å². The van der Waals surface area contributed by atoms with Crippen LogP contribution in [0.5, 0.6) is 0 Å². The van der Waals surface area contributed by atoms with E-state index in [0.717, 1.165) is 21.2 Å². The average Bonchev–Trinajstić information content (AvgIpc) is 2.54. The highest BCUT2D eigenvalue weighted by molar-refractivity contribution is 7.99. The molecule has 0 fully saturated rings. The molecule has 0 spiro atoms. The topological polar surface area (TPSA) is 3.24 Å². The van der Waals surface area contributed by atoms with E-state index in [1.807, 2.05) is 59.5 Å². The van der Waals surface area contributed by atoms with Crippen molar-refractivity contribution >= 4 is 28.8 Å². The van der Waals surface area contributed by atoms with Crippen molar-refractivity contribution in [2.24, 2.45) is 0 Å². The lowest BCUT2D eigenvalue weighted by Crippen LogP contribution is -2.16. The van der Waals surface area contributed by atoms with E-state index in [-0.39, 0.29) is 5.82 Å². The summed E-state index contributed by atoms with van der Waals surface area (Å²) in [5.74, 6) is -0.196. The molecule has 1 aliphatic rings. The number of hydrogen-bond acceptors (Lipinski definition) is 2. The second-order valence-corrected chi connectivity index (χ2v) is 5.91. The van der Waals surface area contributed by atoms with Crippen LogP contribution in [-0.2, 0) is 0 Å². The zero-order chi connectivity index (χ0) is 14.2. The maximum Gasteiger partial charge on any atom is 0.148 e. The standard InChI is InChI=1S/C18H12FNS/c19-14-9-6-12-17-18(14)20(13-7-2-1-3-8-13)15-10-4-5-11-16(15)21-17/h1-12H. The third-order valence-electron chi connectivity index (χ3n) is 3.51. The fourth-order valence-electron chi connectivity index (χ4n) is 2.61. The number of benzene rings is 3. The predicted molar refractivity (Wildman–Crippen MR) is 85.2 cm³/mol. The second kappa shape index (κ2) is 4.93. The Balaban J connectivity index is 2.01. The van der Waals surface area contributed by atoms with Gasteiger partial charge in [0.1, 0.15) is 5.82 Å². The third kappa shape index (κ3) is 2.01. The number of halogens is 1. The van der Waals surface area contributed by atoms with Crippen LogP contribution in [0.15, 0.2) is 82.6 Å². The molecule has 4 rings (SSSR count). The van der Waals surface area contributed by atoms with Crippen molar-refractivity contribution in [2.75, 3.05) is 4.90 Å². The largest absolute Gasteiger partial charge is 0.306 e. The SMILES string of the molecule is Fc1cccc2c1N(c1ccccc1)c1ccccc1S2. The zero-order valence-electron chi connectivity index (χ0n) is 11.2. The van der Waals surface area contributed by atoms with Gasteiger partial charge >= 0.3 is 0 Å². The Morgan fingerprint density at radius 3 is 2.29 bits per heavy atom. The fraction of sp³-hybridized carbons (Fsp3) is 0. The van der Waals surface area contributed by atoms with Crippen LogP contribution in [-0.4, -0.2) is 0 Å². The van der Waals surface area contributed by atoms with Gasteiger partial charge < -0.3 is 4.90 Å². The van der Waals surface area contributed by atoms with E-state index in [0.29, 0.717) is 5.69 Å². The van der Waals surface area contributed by atoms with Gasteiger partial charge in [-0.1, -0.05) is 48.2 Å². The summed E-state index contributed by atoms with van der Waals surface area (Å²) in [4.78, 5) is 4.08. The Kier molecular flexibility index (Phi) is 2.93. The maximum atomic E-state index is 14.4. The van der Waals surface area contributed by atoms with E-state index in [1.165, 1.54) is 6.07 Å². The summed E-state index contributed by atoms with van der Waals surface area (Å²) >= 11 is 1.61. The normalized spacial score (nSPS) is 12.7. The van der Waals surface area contributed by atoms with Crippen molar-refractivity contribution in [2.45, 2.75) is 9.79 Å². The lowest BCUT2D eigenvalue weighted by Gasteiger charge is -2.32. The Bertz CT molecular complexity index is 801. The first-order valence-electron chi connectivity index (χ1n) is 6.75. The van der Waals surface area contributed by atoms with Gasteiger partial charge in [-0.2, -0.15) is 0 Å². The fourth-order valence-corrected chi connectivity index (χ4v) is 3.69. The molecule has 1 heterocycles. The summed E-state index contributed by atoms with van der Waals surface area (Å²) in [5, 5.41) is 0. The van der Waals surface area contributed by atoms with Crippen molar-refractivity contribution in [3.05, 3.63) is 78.6 Å². The molecule has 3 aromatic carbocycles. The van der Waals surface area contributed by atoms with Crippen molar-refractivity contribution in [1.82, 2.24) is 0 Å². The molecule has 1 aliphatic heterocycles. The van der Waals surface area contributed by atoms with Crippen molar-refractivity contribution in [3.8, 4) is 0 Å². The van der Waals surface area contributed by atoms with Gasteiger partial charge in [0.15, 0.2) is 0 Å². The maximum absolute atomic E-state index is 14.4. The lowest BCUT2D eigenvalue weighted by molar-refractivity contribution is 0.625. The molecule has 0 atom stereocenters. The molecule has 0 radical (unpaired) electrons.